The number of hydrogen-bond donors (Lipinski definition) is 1. The Balaban J connectivity index is 2.96. The highest BCUT2D eigenvalue weighted by Crippen LogP contribution is 2.46. The van der Waals surface area contributed by atoms with E-state index in [2.05, 4.69) is 48.5 Å². The van der Waals surface area contributed by atoms with E-state index in [-0.39, 0.29) is 22.5 Å². The molecule has 1 atom stereocenters. The first-order chi connectivity index (χ1) is 13.4. The molecule has 1 aromatic rings. The fourth-order valence-electron chi connectivity index (χ4n) is 3.78. The number of carbonyl (C=O) groups is 1. The molecule has 3 heteroatoms. The van der Waals surface area contributed by atoms with Crippen LogP contribution in [0.2, 0.25) is 0 Å². The fraction of sp³-hybridized carbons (Fsp3) is 0.731. The SMILES string of the molecule is CCCCCCCCCOC(=O)C(C)(c1ccc(O)cc1C(C)(C)C)C(C)(C)C. The van der Waals surface area contributed by atoms with E-state index in [1.165, 1.54) is 32.1 Å². The molecule has 0 saturated heterocycles. The topological polar surface area (TPSA) is 46.5 Å². The zero-order valence-electron chi connectivity index (χ0n) is 20.2. The Labute approximate surface area is 179 Å². The van der Waals surface area contributed by atoms with Gasteiger partial charge in [0.2, 0.25) is 0 Å². The van der Waals surface area contributed by atoms with E-state index in [9.17, 15) is 9.90 Å². The molecule has 0 bridgehead atoms. The second-order valence-electron chi connectivity index (χ2n) is 10.6. The number of carbonyl (C=O) groups excluding carboxylic acids is 1. The van der Waals surface area contributed by atoms with Gasteiger partial charge in [-0.05, 0) is 47.4 Å². The first-order valence-electron chi connectivity index (χ1n) is 11.4. The molecule has 0 spiro atoms. The van der Waals surface area contributed by atoms with Gasteiger partial charge in [-0.15, -0.1) is 0 Å². The largest absolute Gasteiger partial charge is 0.508 e. The number of benzene rings is 1. The Hall–Kier alpha value is -1.51. The van der Waals surface area contributed by atoms with E-state index in [1.807, 2.05) is 13.0 Å². The molecule has 1 N–H and O–H groups in total. The average molecular weight is 405 g/mol. The van der Waals surface area contributed by atoms with Crippen LogP contribution in [0.5, 0.6) is 5.75 Å². The quantitative estimate of drug-likeness (QED) is 0.329. The number of ether oxygens (including phenoxy) is 1. The summed E-state index contributed by atoms with van der Waals surface area (Å²) in [6, 6.07) is 5.37. The van der Waals surface area contributed by atoms with Crippen molar-refractivity contribution >= 4 is 5.97 Å². The van der Waals surface area contributed by atoms with Crippen molar-refractivity contribution in [3.63, 3.8) is 0 Å². The number of unbranched alkanes of at least 4 members (excludes halogenated alkanes) is 6. The summed E-state index contributed by atoms with van der Waals surface area (Å²) < 4.78 is 5.81. The van der Waals surface area contributed by atoms with Gasteiger partial charge in [0.1, 0.15) is 5.75 Å². The summed E-state index contributed by atoms with van der Waals surface area (Å²) in [6.07, 6.45) is 8.37. The van der Waals surface area contributed by atoms with Gasteiger partial charge in [-0.3, -0.25) is 4.79 Å². The number of hydrogen-bond acceptors (Lipinski definition) is 3. The van der Waals surface area contributed by atoms with Crippen LogP contribution in [0.15, 0.2) is 18.2 Å². The first-order valence-corrected chi connectivity index (χ1v) is 11.4. The molecule has 0 aromatic heterocycles. The summed E-state index contributed by atoms with van der Waals surface area (Å²) >= 11 is 0. The molecule has 0 amide bonds. The molecule has 0 aliphatic carbocycles. The highest BCUT2D eigenvalue weighted by molar-refractivity contribution is 5.84. The monoisotopic (exact) mass is 404 g/mol. The highest BCUT2D eigenvalue weighted by Gasteiger charge is 2.49. The second-order valence-corrected chi connectivity index (χ2v) is 10.6. The van der Waals surface area contributed by atoms with Gasteiger partial charge in [0.25, 0.3) is 0 Å². The predicted molar refractivity (Wildman–Crippen MR) is 123 cm³/mol. The van der Waals surface area contributed by atoms with Gasteiger partial charge in [0.15, 0.2) is 0 Å². The maximum atomic E-state index is 13.4. The standard InChI is InChI=1S/C26H44O3/c1-9-10-11-12-13-14-15-18-29-23(28)26(8,25(5,6)7)21-17-16-20(27)19-22(21)24(2,3)4/h16-17,19,27H,9-15,18H2,1-8H3. The van der Waals surface area contributed by atoms with Crippen molar-refractivity contribution in [3.05, 3.63) is 29.3 Å². The molecule has 0 radical (unpaired) electrons. The van der Waals surface area contributed by atoms with Crippen LogP contribution in [0.3, 0.4) is 0 Å². The minimum absolute atomic E-state index is 0.174. The van der Waals surface area contributed by atoms with Crippen LogP contribution in [0.1, 0.15) is 111 Å². The van der Waals surface area contributed by atoms with Gasteiger partial charge >= 0.3 is 5.97 Å². The third kappa shape index (κ3) is 6.76. The van der Waals surface area contributed by atoms with Crippen molar-refractivity contribution in [1.82, 2.24) is 0 Å². The van der Waals surface area contributed by atoms with E-state index in [1.54, 1.807) is 12.1 Å². The molecule has 166 valence electrons. The predicted octanol–water partition coefficient (Wildman–Crippen LogP) is 7.29. The van der Waals surface area contributed by atoms with Crippen LogP contribution >= 0.6 is 0 Å². The Morgan fingerprint density at radius 1 is 0.862 bits per heavy atom. The molecular weight excluding hydrogens is 360 g/mol. The maximum absolute atomic E-state index is 13.4. The molecule has 3 nitrogen and oxygen atoms in total. The van der Waals surface area contributed by atoms with Crippen LogP contribution < -0.4 is 0 Å². The van der Waals surface area contributed by atoms with Gasteiger partial charge in [0.05, 0.1) is 12.0 Å². The fourth-order valence-corrected chi connectivity index (χ4v) is 3.78. The van der Waals surface area contributed by atoms with E-state index >= 15 is 0 Å². The molecule has 0 saturated carbocycles. The zero-order valence-corrected chi connectivity index (χ0v) is 20.2. The number of phenolic OH excluding ortho intramolecular Hbond substituents is 1. The zero-order chi connectivity index (χ0) is 22.3. The summed E-state index contributed by atoms with van der Waals surface area (Å²) in [4.78, 5) is 13.4. The number of phenols is 1. The lowest BCUT2D eigenvalue weighted by molar-refractivity contribution is -0.154. The van der Waals surface area contributed by atoms with Gasteiger partial charge in [-0.2, -0.15) is 0 Å². The summed E-state index contributed by atoms with van der Waals surface area (Å²) in [5.74, 6) is 0.0542. The third-order valence-corrected chi connectivity index (χ3v) is 6.24. The molecule has 0 aliphatic rings. The van der Waals surface area contributed by atoms with Gasteiger partial charge < -0.3 is 9.84 Å². The number of aromatic hydroxyl groups is 1. The first kappa shape index (κ1) is 25.5. The molecule has 1 unspecified atom stereocenters. The van der Waals surface area contributed by atoms with Crippen LogP contribution in [-0.2, 0) is 20.4 Å². The lowest BCUT2D eigenvalue weighted by Gasteiger charge is -2.42. The van der Waals surface area contributed by atoms with Gasteiger partial charge in [0, 0.05) is 0 Å². The van der Waals surface area contributed by atoms with Crippen molar-refractivity contribution < 1.29 is 14.6 Å². The van der Waals surface area contributed by atoms with E-state index in [0.29, 0.717) is 6.61 Å². The molecule has 0 aliphatic heterocycles. The summed E-state index contributed by atoms with van der Waals surface area (Å²) in [7, 11) is 0. The Morgan fingerprint density at radius 3 is 1.93 bits per heavy atom. The van der Waals surface area contributed by atoms with Crippen molar-refractivity contribution in [3.8, 4) is 5.75 Å². The Bertz CT molecular complexity index is 649. The number of esters is 1. The minimum Gasteiger partial charge on any atom is -0.508 e. The van der Waals surface area contributed by atoms with E-state index < -0.39 is 5.41 Å². The summed E-state index contributed by atoms with van der Waals surface area (Å²) in [5.41, 5.74) is 0.605. The lowest BCUT2D eigenvalue weighted by Crippen LogP contribution is -2.47. The van der Waals surface area contributed by atoms with Gasteiger partial charge in [-0.25, -0.2) is 0 Å². The normalized spacial score (nSPS) is 14.5. The van der Waals surface area contributed by atoms with Crippen molar-refractivity contribution in [2.75, 3.05) is 6.61 Å². The molecule has 0 fully saturated rings. The summed E-state index contributed by atoms with van der Waals surface area (Å²) in [5, 5.41) is 10.1. The van der Waals surface area contributed by atoms with Gasteiger partial charge in [-0.1, -0.05) is 93.1 Å². The molecular formula is C26H44O3. The van der Waals surface area contributed by atoms with Crippen LogP contribution in [0.25, 0.3) is 0 Å². The van der Waals surface area contributed by atoms with Crippen LogP contribution in [0, 0.1) is 5.41 Å². The van der Waals surface area contributed by atoms with Crippen LogP contribution in [0.4, 0.5) is 0 Å². The minimum atomic E-state index is -0.801. The smallest absolute Gasteiger partial charge is 0.316 e. The highest BCUT2D eigenvalue weighted by atomic mass is 16.5. The maximum Gasteiger partial charge on any atom is 0.316 e. The van der Waals surface area contributed by atoms with Crippen molar-refractivity contribution in [2.24, 2.45) is 5.41 Å². The van der Waals surface area contributed by atoms with E-state index in [0.717, 1.165) is 24.0 Å². The summed E-state index contributed by atoms with van der Waals surface area (Å²) in [6.45, 7) is 17.3. The molecule has 0 heterocycles. The Morgan fingerprint density at radius 2 is 1.41 bits per heavy atom. The second kappa shape index (κ2) is 10.5. The molecule has 1 aromatic carbocycles. The Kier molecular flexibility index (Phi) is 9.24. The third-order valence-electron chi connectivity index (χ3n) is 6.24. The average Bonchev–Trinajstić information content (AvgIpc) is 2.61. The van der Waals surface area contributed by atoms with Crippen molar-refractivity contribution in [2.45, 2.75) is 111 Å². The van der Waals surface area contributed by atoms with Crippen LogP contribution in [-0.4, -0.2) is 17.7 Å². The number of rotatable bonds is 10. The van der Waals surface area contributed by atoms with Crippen molar-refractivity contribution in [1.29, 1.82) is 0 Å². The lowest BCUT2D eigenvalue weighted by atomic mass is 9.61. The molecule has 1 rings (SSSR count). The molecule has 29 heavy (non-hydrogen) atoms. The van der Waals surface area contributed by atoms with E-state index in [4.69, 9.17) is 4.74 Å².